The zero-order valence-electron chi connectivity index (χ0n) is 26.9. The standard InChI is InChI=1S/C38H34N4O6/c1-38(2,3)48-30(43)16-18-42-19-17-39-33(32-31(35(44)41-36(32)45)27-21-40-28-15-8-7-13-25(27)28)26-14-9-12-24(34(26)42)20-29(42)37(46)47-22-23-10-5-4-6-11-23/h4-15,17,19,21,29H,16,18,20,22H2,1-3H3,(H-,39,40,41,44,45)/p+1/t29?,42-/m0/s1. The van der Waals surface area contributed by atoms with Gasteiger partial charge in [0.25, 0.3) is 11.8 Å². The first-order valence-electron chi connectivity index (χ1n) is 15.9. The molecular formula is C38H35N4O6+. The number of benzene rings is 3. The summed E-state index contributed by atoms with van der Waals surface area (Å²) in [5, 5.41) is 3.27. The average Bonchev–Trinajstić information content (AvgIpc) is 3.68. The first-order valence-corrected chi connectivity index (χ1v) is 15.9. The van der Waals surface area contributed by atoms with Crippen LogP contribution in [0.25, 0.3) is 16.5 Å². The Morgan fingerprint density at radius 1 is 0.917 bits per heavy atom. The maximum absolute atomic E-state index is 14.0. The molecule has 3 aliphatic heterocycles. The summed E-state index contributed by atoms with van der Waals surface area (Å²) < 4.78 is 11.5. The molecule has 1 unspecified atom stereocenters. The Bertz CT molecular complexity index is 2080. The highest BCUT2D eigenvalue weighted by molar-refractivity contribution is 6.48. The third-order valence-corrected chi connectivity index (χ3v) is 8.93. The molecule has 7 rings (SSSR count). The van der Waals surface area contributed by atoms with Crippen LogP contribution in [0.15, 0.2) is 102 Å². The first kappa shape index (κ1) is 31.0. The fourth-order valence-corrected chi connectivity index (χ4v) is 6.96. The summed E-state index contributed by atoms with van der Waals surface area (Å²) in [6.07, 6.45) is 5.42. The van der Waals surface area contributed by atoms with E-state index in [1.807, 2.05) is 93.6 Å². The number of imide groups is 1. The molecule has 10 heteroatoms. The summed E-state index contributed by atoms with van der Waals surface area (Å²) in [5.41, 5.74) is 4.43. The van der Waals surface area contributed by atoms with Gasteiger partial charge in [-0.15, -0.1) is 0 Å². The number of quaternary nitrogens is 1. The molecule has 10 nitrogen and oxygen atoms in total. The fraction of sp³-hybridized carbons (Fsp3) is 0.237. The van der Waals surface area contributed by atoms with Crippen molar-refractivity contribution >= 4 is 51.6 Å². The summed E-state index contributed by atoms with van der Waals surface area (Å²) in [6.45, 7) is 5.71. The summed E-state index contributed by atoms with van der Waals surface area (Å²) in [6, 6.07) is 21.9. The molecule has 3 aliphatic rings. The molecule has 0 aliphatic carbocycles. The van der Waals surface area contributed by atoms with Crippen molar-refractivity contribution in [2.24, 2.45) is 4.99 Å². The number of fused-ring (bicyclic) bond motifs is 1. The summed E-state index contributed by atoms with van der Waals surface area (Å²) in [7, 11) is 0. The largest absolute Gasteiger partial charge is 0.460 e. The summed E-state index contributed by atoms with van der Waals surface area (Å²) in [5.74, 6) is -1.90. The highest BCUT2D eigenvalue weighted by atomic mass is 16.6. The van der Waals surface area contributed by atoms with E-state index < -0.39 is 35.4 Å². The van der Waals surface area contributed by atoms with Crippen LogP contribution >= 0.6 is 0 Å². The highest BCUT2D eigenvalue weighted by Gasteiger charge is 2.54. The minimum atomic E-state index is -0.737. The Kier molecular flexibility index (Phi) is 7.68. The molecule has 0 saturated heterocycles. The van der Waals surface area contributed by atoms with Gasteiger partial charge in [0.15, 0.2) is 5.69 Å². The summed E-state index contributed by atoms with van der Waals surface area (Å²) >= 11 is 0. The molecule has 0 radical (unpaired) electrons. The molecular weight excluding hydrogens is 608 g/mol. The third-order valence-electron chi connectivity index (χ3n) is 8.93. The number of carbonyl (C=O) groups is 4. The van der Waals surface area contributed by atoms with E-state index in [2.05, 4.69) is 10.3 Å². The number of aromatic nitrogens is 1. The van der Waals surface area contributed by atoms with Gasteiger partial charge < -0.3 is 14.5 Å². The molecule has 48 heavy (non-hydrogen) atoms. The van der Waals surface area contributed by atoms with Gasteiger partial charge in [0, 0.05) is 34.6 Å². The smallest absolute Gasteiger partial charge is 0.366 e. The van der Waals surface area contributed by atoms with Crippen molar-refractivity contribution in [2.75, 3.05) is 6.54 Å². The SMILES string of the molecule is CC(C)(C)OC(=O)CC[N@@+]12C=CN=C(C3=C(c4c[nH]c5ccccc45)C(=O)NC3=O)c3cccc(c31)CC2C(=O)OCc1ccccc1. The van der Waals surface area contributed by atoms with Gasteiger partial charge in [-0.3, -0.25) is 24.2 Å². The van der Waals surface area contributed by atoms with Crippen LogP contribution in [0.1, 0.15) is 49.4 Å². The maximum Gasteiger partial charge on any atom is 0.366 e. The second kappa shape index (κ2) is 11.9. The zero-order valence-corrected chi connectivity index (χ0v) is 26.9. The molecule has 3 aromatic carbocycles. The lowest BCUT2D eigenvalue weighted by Gasteiger charge is -2.35. The molecule has 4 heterocycles. The van der Waals surface area contributed by atoms with Crippen LogP contribution in [-0.4, -0.2) is 52.6 Å². The number of carbonyl (C=O) groups excluding carboxylic acids is 4. The second-order valence-electron chi connectivity index (χ2n) is 13.2. The number of hydrogen-bond acceptors (Lipinski definition) is 7. The minimum absolute atomic E-state index is 0.00937. The molecule has 242 valence electrons. The second-order valence-corrected chi connectivity index (χ2v) is 13.2. The number of para-hydroxylation sites is 2. The van der Waals surface area contributed by atoms with Crippen LogP contribution in [0, 0.1) is 0 Å². The first-order chi connectivity index (χ1) is 23.1. The molecule has 2 atom stereocenters. The molecule has 0 saturated carbocycles. The van der Waals surface area contributed by atoms with Crippen molar-refractivity contribution < 1.29 is 28.7 Å². The fourth-order valence-electron chi connectivity index (χ4n) is 6.96. The lowest BCUT2D eigenvalue weighted by Crippen LogP contribution is -2.55. The predicted molar refractivity (Wildman–Crippen MR) is 181 cm³/mol. The van der Waals surface area contributed by atoms with Gasteiger partial charge in [0.1, 0.15) is 18.4 Å². The van der Waals surface area contributed by atoms with Crippen LogP contribution in [0.2, 0.25) is 0 Å². The molecule has 0 spiro atoms. The molecule has 0 bridgehead atoms. The van der Waals surface area contributed by atoms with Crippen LogP contribution in [-0.2, 0) is 41.7 Å². The average molecular weight is 644 g/mol. The number of nitrogens with zero attached hydrogens (tertiary/aromatic N) is 2. The quantitative estimate of drug-likeness (QED) is 0.153. The number of amides is 2. The molecule has 1 aromatic heterocycles. The summed E-state index contributed by atoms with van der Waals surface area (Å²) in [4.78, 5) is 62.1. The number of rotatable bonds is 8. The van der Waals surface area contributed by atoms with Gasteiger partial charge in [-0.25, -0.2) is 9.79 Å². The Hall–Kier alpha value is -5.61. The lowest BCUT2D eigenvalue weighted by molar-refractivity contribution is -0.156. The molecule has 4 aromatic rings. The van der Waals surface area contributed by atoms with E-state index in [0.717, 1.165) is 27.7 Å². The van der Waals surface area contributed by atoms with Crippen molar-refractivity contribution in [3.8, 4) is 0 Å². The number of aromatic amines is 1. The Morgan fingerprint density at radius 2 is 1.67 bits per heavy atom. The topological polar surface area (TPSA) is 127 Å². The predicted octanol–water partition coefficient (Wildman–Crippen LogP) is 5.26. The normalized spacial score (nSPS) is 20.0. The van der Waals surface area contributed by atoms with Crippen molar-refractivity contribution in [3.05, 3.63) is 119 Å². The van der Waals surface area contributed by atoms with Crippen LogP contribution < -0.4 is 9.80 Å². The van der Waals surface area contributed by atoms with Crippen LogP contribution in [0.5, 0.6) is 0 Å². The van der Waals surface area contributed by atoms with E-state index in [1.165, 1.54) is 0 Å². The van der Waals surface area contributed by atoms with E-state index in [-0.39, 0.29) is 35.2 Å². The van der Waals surface area contributed by atoms with E-state index in [9.17, 15) is 19.2 Å². The Morgan fingerprint density at radius 3 is 2.46 bits per heavy atom. The highest BCUT2D eigenvalue weighted by Crippen LogP contribution is 2.46. The van der Waals surface area contributed by atoms with E-state index in [0.29, 0.717) is 23.3 Å². The van der Waals surface area contributed by atoms with Gasteiger partial charge in [0.2, 0.25) is 6.04 Å². The Labute approximate surface area is 277 Å². The van der Waals surface area contributed by atoms with E-state index in [4.69, 9.17) is 14.5 Å². The van der Waals surface area contributed by atoms with Gasteiger partial charge >= 0.3 is 11.9 Å². The van der Waals surface area contributed by atoms with E-state index >= 15 is 0 Å². The zero-order chi connectivity index (χ0) is 33.6. The van der Waals surface area contributed by atoms with Gasteiger partial charge in [-0.2, -0.15) is 0 Å². The van der Waals surface area contributed by atoms with Crippen molar-refractivity contribution in [2.45, 2.75) is 51.9 Å². The third kappa shape index (κ3) is 5.43. The van der Waals surface area contributed by atoms with Crippen LogP contribution in [0.4, 0.5) is 5.69 Å². The number of ether oxygens (including phenoxy) is 2. The van der Waals surface area contributed by atoms with Crippen LogP contribution in [0.3, 0.4) is 0 Å². The number of H-pyrrole nitrogens is 1. The number of esters is 2. The molecule has 2 N–H and O–H groups in total. The van der Waals surface area contributed by atoms with Crippen molar-refractivity contribution in [3.63, 3.8) is 0 Å². The monoisotopic (exact) mass is 643 g/mol. The lowest BCUT2D eigenvalue weighted by atomic mass is 9.92. The number of hydrogen-bond donors (Lipinski definition) is 2. The number of aliphatic imine (C=N–C) groups is 1. The van der Waals surface area contributed by atoms with E-state index in [1.54, 1.807) is 18.6 Å². The Balaban J connectivity index is 1.34. The molecule has 0 fully saturated rings. The minimum Gasteiger partial charge on any atom is -0.460 e. The van der Waals surface area contributed by atoms with Gasteiger partial charge in [-0.05, 0) is 38.5 Å². The maximum atomic E-state index is 14.0. The van der Waals surface area contributed by atoms with Gasteiger partial charge in [-0.1, -0.05) is 60.7 Å². The van der Waals surface area contributed by atoms with Crippen molar-refractivity contribution in [1.82, 2.24) is 14.8 Å². The van der Waals surface area contributed by atoms with Gasteiger partial charge in [0.05, 0.1) is 41.6 Å². The van der Waals surface area contributed by atoms with Crippen molar-refractivity contribution in [1.29, 1.82) is 0 Å². The molecule has 2 amide bonds. The number of nitrogens with one attached hydrogen (secondary N) is 2.